The normalized spacial score (nSPS) is 13.4. The molecule has 0 saturated heterocycles. The van der Waals surface area contributed by atoms with E-state index < -0.39 is 10.0 Å². The van der Waals surface area contributed by atoms with Crippen molar-refractivity contribution in [3.05, 3.63) is 83.9 Å². The smallest absolute Gasteiger partial charge is 0.264 e. The number of sulfonamides is 1. The van der Waals surface area contributed by atoms with Crippen LogP contribution in [0.25, 0.3) is 0 Å². The van der Waals surface area contributed by atoms with E-state index in [1.165, 1.54) is 4.31 Å². The molecule has 0 aliphatic carbocycles. The summed E-state index contributed by atoms with van der Waals surface area (Å²) in [6.45, 7) is 2.51. The second-order valence-corrected chi connectivity index (χ2v) is 9.55. The number of benzene rings is 3. The lowest BCUT2D eigenvalue weighted by molar-refractivity contribution is 0.586. The van der Waals surface area contributed by atoms with E-state index in [4.69, 9.17) is 12.2 Å². The maximum Gasteiger partial charge on any atom is 0.264 e. The molecule has 0 bridgehead atoms. The van der Waals surface area contributed by atoms with Gasteiger partial charge in [0.1, 0.15) is 0 Å². The Labute approximate surface area is 182 Å². The van der Waals surface area contributed by atoms with Crippen LogP contribution in [0.4, 0.5) is 17.1 Å². The molecule has 1 aliphatic rings. The largest absolute Gasteiger partial charge is 0.332 e. The maximum absolute atomic E-state index is 13.2. The average Bonchev–Trinajstić information content (AvgIpc) is 2.73. The average molecular weight is 438 g/mol. The van der Waals surface area contributed by atoms with Gasteiger partial charge in [0.15, 0.2) is 5.11 Å². The van der Waals surface area contributed by atoms with E-state index in [1.807, 2.05) is 55.5 Å². The fourth-order valence-corrected chi connectivity index (χ4v) is 5.38. The Hall–Kier alpha value is -2.90. The molecule has 1 heterocycles. The van der Waals surface area contributed by atoms with Crippen LogP contribution >= 0.6 is 12.2 Å². The fourth-order valence-electron chi connectivity index (χ4n) is 3.60. The Bertz CT molecular complexity index is 1180. The monoisotopic (exact) mass is 437 g/mol. The molecule has 0 amide bonds. The number of nitrogens with one attached hydrogen (secondary N) is 2. The van der Waals surface area contributed by atoms with Crippen LogP contribution < -0.4 is 14.9 Å². The van der Waals surface area contributed by atoms with Crippen molar-refractivity contribution in [1.29, 1.82) is 0 Å². The van der Waals surface area contributed by atoms with Gasteiger partial charge in [-0.15, -0.1) is 0 Å². The van der Waals surface area contributed by atoms with Gasteiger partial charge in [-0.2, -0.15) is 0 Å². The first-order chi connectivity index (χ1) is 14.4. The van der Waals surface area contributed by atoms with Crippen molar-refractivity contribution in [3.8, 4) is 0 Å². The topological polar surface area (TPSA) is 61.4 Å². The third-order valence-corrected chi connectivity index (χ3v) is 7.08. The van der Waals surface area contributed by atoms with Gasteiger partial charge in [-0.25, -0.2) is 8.42 Å². The zero-order valence-corrected chi connectivity index (χ0v) is 18.3. The summed E-state index contributed by atoms with van der Waals surface area (Å²) in [5.74, 6) is 0. The van der Waals surface area contributed by atoms with Gasteiger partial charge in [0, 0.05) is 17.9 Å². The molecule has 0 spiro atoms. The number of nitrogens with zero attached hydrogens (tertiary/aromatic N) is 1. The van der Waals surface area contributed by atoms with Gasteiger partial charge >= 0.3 is 0 Å². The zero-order chi connectivity index (χ0) is 21.1. The molecule has 0 fully saturated rings. The molecule has 3 aromatic carbocycles. The number of anilines is 3. The van der Waals surface area contributed by atoms with Gasteiger partial charge in [-0.05, 0) is 85.6 Å². The molecule has 0 radical (unpaired) electrons. The molecule has 3 aromatic rings. The van der Waals surface area contributed by atoms with Gasteiger partial charge in [0.25, 0.3) is 10.0 Å². The summed E-state index contributed by atoms with van der Waals surface area (Å²) in [6, 6.07) is 22.3. The zero-order valence-electron chi connectivity index (χ0n) is 16.6. The lowest BCUT2D eigenvalue weighted by Crippen LogP contribution is -2.35. The van der Waals surface area contributed by atoms with Gasteiger partial charge < -0.3 is 10.6 Å². The van der Waals surface area contributed by atoms with Crippen LogP contribution in [0.15, 0.2) is 77.7 Å². The molecule has 154 valence electrons. The molecule has 1 aliphatic heterocycles. The summed E-state index contributed by atoms with van der Waals surface area (Å²) in [4.78, 5) is 0.266. The van der Waals surface area contributed by atoms with E-state index in [0.717, 1.165) is 41.0 Å². The number of para-hydroxylation sites is 1. The molecule has 0 saturated carbocycles. The predicted molar refractivity (Wildman–Crippen MR) is 127 cm³/mol. The van der Waals surface area contributed by atoms with Crippen LogP contribution in [0.1, 0.15) is 17.5 Å². The Morgan fingerprint density at radius 1 is 0.933 bits per heavy atom. The van der Waals surface area contributed by atoms with E-state index in [0.29, 0.717) is 11.7 Å². The highest BCUT2D eigenvalue weighted by Gasteiger charge is 2.28. The first kappa shape index (κ1) is 20.4. The van der Waals surface area contributed by atoms with Gasteiger partial charge in [-0.3, -0.25) is 4.31 Å². The van der Waals surface area contributed by atoms with Crippen molar-refractivity contribution in [3.63, 3.8) is 0 Å². The molecular weight excluding hydrogens is 414 g/mol. The Kier molecular flexibility index (Phi) is 5.74. The highest BCUT2D eigenvalue weighted by molar-refractivity contribution is 7.92. The van der Waals surface area contributed by atoms with E-state index in [9.17, 15) is 8.42 Å². The van der Waals surface area contributed by atoms with Crippen molar-refractivity contribution in [2.24, 2.45) is 0 Å². The maximum atomic E-state index is 13.2. The van der Waals surface area contributed by atoms with Gasteiger partial charge in [0.05, 0.1) is 10.6 Å². The molecule has 7 heteroatoms. The standard InChI is InChI=1S/C23H23N3O2S2/c1-17-6-4-9-20(16-17)25-23(29)24-19-11-13-21(14-12-19)30(27,28)26-15-5-8-18-7-2-3-10-22(18)26/h2-4,6-7,9-14,16H,5,8,15H2,1H3,(H2,24,25,29). The number of hydrogen-bond acceptors (Lipinski definition) is 3. The minimum Gasteiger partial charge on any atom is -0.332 e. The highest BCUT2D eigenvalue weighted by Crippen LogP contribution is 2.32. The molecule has 2 N–H and O–H groups in total. The quantitative estimate of drug-likeness (QED) is 0.566. The minimum absolute atomic E-state index is 0.266. The number of hydrogen-bond donors (Lipinski definition) is 2. The van der Waals surface area contributed by atoms with Crippen molar-refractivity contribution in [2.45, 2.75) is 24.7 Å². The SMILES string of the molecule is Cc1cccc(NC(=S)Nc2ccc(S(=O)(=O)N3CCCc4ccccc43)cc2)c1. The second kappa shape index (κ2) is 8.45. The van der Waals surface area contributed by atoms with E-state index >= 15 is 0 Å². The van der Waals surface area contributed by atoms with E-state index in [-0.39, 0.29) is 4.90 Å². The summed E-state index contributed by atoms with van der Waals surface area (Å²) in [5.41, 5.74) is 4.60. The summed E-state index contributed by atoms with van der Waals surface area (Å²) in [5, 5.41) is 6.67. The van der Waals surface area contributed by atoms with Crippen LogP contribution in [-0.4, -0.2) is 20.1 Å². The van der Waals surface area contributed by atoms with Gasteiger partial charge in [-0.1, -0.05) is 30.3 Å². The molecule has 4 rings (SSSR count). The summed E-state index contributed by atoms with van der Waals surface area (Å²) >= 11 is 5.37. The van der Waals surface area contributed by atoms with Gasteiger partial charge in [0.2, 0.25) is 0 Å². The summed E-state index contributed by atoms with van der Waals surface area (Å²) in [7, 11) is -3.62. The second-order valence-electron chi connectivity index (χ2n) is 7.28. The van der Waals surface area contributed by atoms with Crippen molar-refractivity contribution in [2.75, 3.05) is 21.5 Å². The van der Waals surface area contributed by atoms with E-state index in [1.54, 1.807) is 24.3 Å². The number of fused-ring (bicyclic) bond motifs is 1. The third-order valence-electron chi connectivity index (χ3n) is 5.04. The Morgan fingerprint density at radius 3 is 2.43 bits per heavy atom. The lowest BCUT2D eigenvalue weighted by Gasteiger charge is -2.30. The first-order valence-electron chi connectivity index (χ1n) is 9.79. The van der Waals surface area contributed by atoms with Crippen LogP contribution in [0, 0.1) is 6.92 Å². The minimum atomic E-state index is -3.62. The lowest BCUT2D eigenvalue weighted by atomic mass is 10.0. The Morgan fingerprint density at radius 2 is 1.67 bits per heavy atom. The van der Waals surface area contributed by atoms with Crippen LogP contribution in [0.2, 0.25) is 0 Å². The van der Waals surface area contributed by atoms with E-state index in [2.05, 4.69) is 10.6 Å². The Balaban J connectivity index is 1.49. The summed E-state index contributed by atoms with van der Waals surface area (Å²) < 4.78 is 28.0. The fraction of sp³-hybridized carbons (Fsp3) is 0.174. The molecule has 5 nitrogen and oxygen atoms in total. The van der Waals surface area contributed by atoms with Crippen LogP contribution in [-0.2, 0) is 16.4 Å². The summed E-state index contributed by atoms with van der Waals surface area (Å²) in [6.07, 6.45) is 1.71. The number of rotatable bonds is 4. The van der Waals surface area contributed by atoms with Crippen LogP contribution in [0.5, 0.6) is 0 Å². The molecule has 30 heavy (non-hydrogen) atoms. The first-order valence-corrected chi connectivity index (χ1v) is 11.6. The molecular formula is C23H23N3O2S2. The predicted octanol–water partition coefficient (Wildman–Crippen LogP) is 4.95. The highest BCUT2D eigenvalue weighted by atomic mass is 32.2. The van der Waals surface area contributed by atoms with Crippen molar-refractivity contribution in [1.82, 2.24) is 0 Å². The van der Waals surface area contributed by atoms with Crippen LogP contribution in [0.3, 0.4) is 0 Å². The molecule has 0 aromatic heterocycles. The number of aryl methyl sites for hydroxylation is 2. The molecule has 0 atom stereocenters. The molecule has 0 unspecified atom stereocenters. The van der Waals surface area contributed by atoms with Crippen molar-refractivity contribution < 1.29 is 8.42 Å². The third kappa shape index (κ3) is 4.32. The number of thiocarbonyl (C=S) groups is 1. The van der Waals surface area contributed by atoms with Crippen molar-refractivity contribution >= 4 is 44.4 Å².